The van der Waals surface area contributed by atoms with E-state index in [2.05, 4.69) is 0 Å². The Labute approximate surface area is 147 Å². The number of benzene rings is 2. The van der Waals surface area contributed by atoms with Crippen molar-refractivity contribution >= 4 is 17.6 Å². The topological polar surface area (TPSA) is 55.8 Å². The predicted molar refractivity (Wildman–Crippen MR) is 94.7 cm³/mol. The van der Waals surface area contributed by atoms with Gasteiger partial charge in [0.2, 0.25) is 0 Å². The van der Waals surface area contributed by atoms with E-state index in [1.807, 2.05) is 50.2 Å². The van der Waals surface area contributed by atoms with Crippen molar-refractivity contribution in [2.75, 3.05) is 18.1 Å². The van der Waals surface area contributed by atoms with Crippen molar-refractivity contribution in [3.63, 3.8) is 0 Å². The van der Waals surface area contributed by atoms with Gasteiger partial charge in [-0.3, -0.25) is 9.69 Å². The number of esters is 1. The smallest absolute Gasteiger partial charge is 0.329 e. The second-order valence-electron chi connectivity index (χ2n) is 6.08. The molecule has 1 unspecified atom stereocenters. The molecule has 1 atom stereocenters. The van der Waals surface area contributed by atoms with Gasteiger partial charge in [0.15, 0.2) is 6.61 Å². The first kappa shape index (κ1) is 17.0. The molecular weight excluding hydrogens is 318 g/mol. The van der Waals surface area contributed by atoms with Crippen molar-refractivity contribution in [1.29, 1.82) is 0 Å². The Bertz CT molecular complexity index is 752. The summed E-state index contributed by atoms with van der Waals surface area (Å²) in [7, 11) is 0. The molecule has 1 heterocycles. The van der Waals surface area contributed by atoms with Crippen LogP contribution in [-0.4, -0.2) is 31.1 Å². The standard InChI is InChI=1S/C20H21NO4/c1-14-7-6-8-15(2)19(14)21(17-11-12-24-20(17)23)18(22)13-25-16-9-4-3-5-10-16/h3-10,17H,11-13H2,1-2H3. The number of anilines is 1. The van der Waals surface area contributed by atoms with E-state index >= 15 is 0 Å². The van der Waals surface area contributed by atoms with Gasteiger partial charge in [-0.15, -0.1) is 0 Å². The minimum atomic E-state index is -0.605. The molecule has 130 valence electrons. The molecular formula is C20H21NO4. The fourth-order valence-electron chi connectivity index (χ4n) is 3.09. The van der Waals surface area contributed by atoms with Crippen molar-refractivity contribution in [2.24, 2.45) is 0 Å². The average molecular weight is 339 g/mol. The lowest BCUT2D eigenvalue weighted by molar-refractivity contribution is -0.140. The van der Waals surface area contributed by atoms with E-state index in [9.17, 15) is 9.59 Å². The van der Waals surface area contributed by atoms with Crippen molar-refractivity contribution in [2.45, 2.75) is 26.3 Å². The third kappa shape index (κ3) is 3.65. The maximum absolute atomic E-state index is 12.9. The highest BCUT2D eigenvalue weighted by molar-refractivity contribution is 6.02. The van der Waals surface area contributed by atoms with Crippen LogP contribution < -0.4 is 9.64 Å². The maximum Gasteiger partial charge on any atom is 0.329 e. The van der Waals surface area contributed by atoms with Crippen molar-refractivity contribution in [3.8, 4) is 5.75 Å². The van der Waals surface area contributed by atoms with Gasteiger partial charge in [0.25, 0.3) is 5.91 Å². The molecule has 25 heavy (non-hydrogen) atoms. The molecule has 5 heteroatoms. The van der Waals surface area contributed by atoms with Gasteiger partial charge in [-0.05, 0) is 37.1 Å². The second-order valence-corrected chi connectivity index (χ2v) is 6.08. The van der Waals surface area contributed by atoms with Crippen LogP contribution in [0.25, 0.3) is 0 Å². The van der Waals surface area contributed by atoms with Crippen LogP contribution in [-0.2, 0) is 14.3 Å². The Morgan fingerprint density at radius 3 is 2.40 bits per heavy atom. The van der Waals surface area contributed by atoms with Crippen LogP contribution in [0.5, 0.6) is 5.75 Å². The van der Waals surface area contributed by atoms with Gasteiger partial charge in [-0.2, -0.15) is 0 Å². The van der Waals surface area contributed by atoms with Gasteiger partial charge in [-0.25, -0.2) is 4.79 Å². The lowest BCUT2D eigenvalue weighted by Crippen LogP contribution is -2.46. The number of hydrogen-bond acceptors (Lipinski definition) is 4. The lowest BCUT2D eigenvalue weighted by Gasteiger charge is -2.29. The van der Waals surface area contributed by atoms with Gasteiger partial charge < -0.3 is 9.47 Å². The molecule has 3 rings (SSSR count). The highest BCUT2D eigenvalue weighted by atomic mass is 16.5. The van der Waals surface area contributed by atoms with Gasteiger partial charge in [0.05, 0.1) is 12.3 Å². The molecule has 0 saturated carbocycles. The summed E-state index contributed by atoms with van der Waals surface area (Å²) >= 11 is 0. The number of carbonyl (C=O) groups excluding carboxylic acids is 2. The number of carbonyl (C=O) groups is 2. The quantitative estimate of drug-likeness (QED) is 0.786. The number of cyclic esters (lactones) is 1. The molecule has 1 amide bonds. The zero-order valence-corrected chi connectivity index (χ0v) is 14.4. The first-order valence-electron chi connectivity index (χ1n) is 8.30. The minimum absolute atomic E-state index is 0.137. The van der Waals surface area contributed by atoms with Crippen molar-refractivity contribution in [3.05, 3.63) is 59.7 Å². The summed E-state index contributed by atoms with van der Waals surface area (Å²) in [5, 5.41) is 0. The summed E-state index contributed by atoms with van der Waals surface area (Å²) in [5.41, 5.74) is 2.63. The molecule has 0 N–H and O–H groups in total. The molecule has 1 aliphatic rings. The van der Waals surface area contributed by atoms with Crippen LogP contribution in [0.15, 0.2) is 48.5 Å². The summed E-state index contributed by atoms with van der Waals surface area (Å²) in [6.07, 6.45) is 0.490. The van der Waals surface area contributed by atoms with E-state index < -0.39 is 6.04 Å². The summed E-state index contributed by atoms with van der Waals surface area (Å²) in [6, 6.07) is 14.3. The molecule has 0 spiro atoms. The summed E-state index contributed by atoms with van der Waals surface area (Å²) in [5.74, 6) is -0.00730. The lowest BCUT2D eigenvalue weighted by atomic mass is 10.0. The van der Waals surface area contributed by atoms with E-state index in [1.165, 1.54) is 0 Å². The third-order valence-electron chi connectivity index (χ3n) is 4.27. The molecule has 2 aromatic rings. The number of amides is 1. The molecule has 5 nitrogen and oxygen atoms in total. The van der Waals surface area contributed by atoms with Crippen molar-refractivity contribution in [1.82, 2.24) is 0 Å². The number of aryl methyl sites for hydroxylation is 2. The van der Waals surface area contributed by atoms with Crippen LogP contribution >= 0.6 is 0 Å². The number of ether oxygens (including phenoxy) is 2. The Morgan fingerprint density at radius 2 is 1.80 bits per heavy atom. The Balaban J connectivity index is 1.88. The molecule has 2 aromatic carbocycles. The molecule has 0 bridgehead atoms. The van der Waals surface area contributed by atoms with E-state index in [0.29, 0.717) is 18.8 Å². The molecule has 1 saturated heterocycles. The highest BCUT2D eigenvalue weighted by Gasteiger charge is 2.37. The molecule has 1 aliphatic heterocycles. The second kappa shape index (κ2) is 7.38. The number of hydrogen-bond donors (Lipinski definition) is 0. The highest BCUT2D eigenvalue weighted by Crippen LogP contribution is 2.29. The van der Waals surface area contributed by atoms with Gasteiger partial charge in [-0.1, -0.05) is 36.4 Å². The molecule has 0 radical (unpaired) electrons. The molecule has 0 aliphatic carbocycles. The molecule has 0 aromatic heterocycles. The summed E-state index contributed by atoms with van der Waals surface area (Å²) in [4.78, 5) is 26.6. The normalized spacial score (nSPS) is 16.4. The van der Waals surface area contributed by atoms with Gasteiger partial charge >= 0.3 is 5.97 Å². The molecule has 1 fully saturated rings. The SMILES string of the molecule is Cc1cccc(C)c1N(C(=O)COc1ccccc1)C1CCOC1=O. The zero-order valence-electron chi connectivity index (χ0n) is 14.4. The maximum atomic E-state index is 12.9. The van der Waals surface area contributed by atoms with E-state index in [4.69, 9.17) is 9.47 Å². The first-order valence-corrected chi connectivity index (χ1v) is 8.30. The Hall–Kier alpha value is -2.82. The van der Waals surface area contributed by atoms with E-state index in [1.54, 1.807) is 17.0 Å². The summed E-state index contributed by atoms with van der Waals surface area (Å²) in [6.45, 7) is 4.06. The van der Waals surface area contributed by atoms with E-state index in [-0.39, 0.29) is 18.5 Å². The summed E-state index contributed by atoms with van der Waals surface area (Å²) < 4.78 is 10.7. The Kier molecular flexibility index (Phi) is 5.03. The Morgan fingerprint density at radius 1 is 1.12 bits per heavy atom. The van der Waals surface area contributed by atoms with E-state index in [0.717, 1.165) is 16.8 Å². The van der Waals surface area contributed by atoms with Crippen LogP contribution in [0.1, 0.15) is 17.5 Å². The largest absolute Gasteiger partial charge is 0.484 e. The van der Waals surface area contributed by atoms with Gasteiger partial charge in [0.1, 0.15) is 11.8 Å². The average Bonchev–Trinajstić information content (AvgIpc) is 3.03. The third-order valence-corrected chi connectivity index (χ3v) is 4.27. The monoisotopic (exact) mass is 339 g/mol. The van der Waals surface area contributed by atoms with Crippen LogP contribution in [0.3, 0.4) is 0 Å². The van der Waals surface area contributed by atoms with Gasteiger partial charge in [0, 0.05) is 6.42 Å². The van der Waals surface area contributed by atoms with Crippen LogP contribution in [0, 0.1) is 13.8 Å². The van der Waals surface area contributed by atoms with Crippen LogP contribution in [0.4, 0.5) is 5.69 Å². The fraction of sp³-hybridized carbons (Fsp3) is 0.300. The number of nitrogens with zero attached hydrogens (tertiary/aromatic N) is 1. The number of para-hydroxylation sites is 2. The van der Waals surface area contributed by atoms with Crippen LogP contribution in [0.2, 0.25) is 0 Å². The predicted octanol–water partition coefficient (Wildman–Crippen LogP) is 3.03. The first-order chi connectivity index (χ1) is 12.1. The zero-order chi connectivity index (χ0) is 17.8. The number of rotatable bonds is 5. The minimum Gasteiger partial charge on any atom is -0.484 e. The fourth-order valence-corrected chi connectivity index (χ4v) is 3.09. The van der Waals surface area contributed by atoms with Crippen molar-refractivity contribution < 1.29 is 19.1 Å².